The summed E-state index contributed by atoms with van der Waals surface area (Å²) in [6, 6.07) is 8.08. The molecule has 1 amide bonds. The van der Waals surface area contributed by atoms with Crippen molar-refractivity contribution < 1.29 is 4.79 Å². The molecule has 1 heterocycles. The molecule has 5 heteroatoms. The minimum absolute atomic E-state index is 0.182. The minimum atomic E-state index is 0.182. The fourth-order valence-corrected chi connectivity index (χ4v) is 2.63. The van der Waals surface area contributed by atoms with Crippen LogP contribution in [0, 0.1) is 0 Å². The van der Waals surface area contributed by atoms with Crippen LogP contribution in [0.2, 0.25) is 0 Å². The van der Waals surface area contributed by atoms with E-state index in [4.69, 9.17) is 0 Å². The van der Waals surface area contributed by atoms with Gasteiger partial charge < -0.3 is 10.2 Å². The second kappa shape index (κ2) is 7.03. The van der Waals surface area contributed by atoms with Crippen LogP contribution < -0.4 is 5.32 Å². The highest BCUT2D eigenvalue weighted by Crippen LogP contribution is 2.13. The average molecular weight is 326 g/mol. The number of carbonyl (C=O) groups is 1. The van der Waals surface area contributed by atoms with Gasteiger partial charge in [-0.3, -0.25) is 9.69 Å². The van der Waals surface area contributed by atoms with Gasteiger partial charge in [0.2, 0.25) is 5.91 Å². The highest BCUT2D eigenvalue weighted by molar-refractivity contribution is 9.10. The van der Waals surface area contributed by atoms with Crippen molar-refractivity contribution in [2.24, 2.45) is 0 Å². The van der Waals surface area contributed by atoms with Crippen molar-refractivity contribution in [3.8, 4) is 0 Å². The molecule has 0 saturated carbocycles. The Balaban J connectivity index is 1.84. The summed E-state index contributed by atoms with van der Waals surface area (Å²) in [6.07, 6.45) is 0. The van der Waals surface area contributed by atoms with E-state index in [9.17, 15) is 4.79 Å². The fourth-order valence-electron chi connectivity index (χ4n) is 2.18. The molecule has 0 atom stereocenters. The second-order valence-corrected chi connectivity index (χ2v) is 5.82. The number of rotatable bonds is 4. The molecule has 19 heavy (non-hydrogen) atoms. The van der Waals surface area contributed by atoms with Crippen LogP contribution in [0.4, 0.5) is 0 Å². The first kappa shape index (κ1) is 14.5. The zero-order valence-electron chi connectivity index (χ0n) is 11.2. The lowest BCUT2D eigenvalue weighted by molar-refractivity contribution is -0.131. The molecule has 1 saturated heterocycles. The lowest BCUT2D eigenvalue weighted by Gasteiger charge is -2.28. The average Bonchev–Trinajstić information content (AvgIpc) is 2.40. The van der Waals surface area contributed by atoms with Crippen molar-refractivity contribution >= 4 is 21.8 Å². The Hall–Kier alpha value is -0.910. The Labute approximate surface area is 122 Å². The first-order chi connectivity index (χ1) is 9.15. The van der Waals surface area contributed by atoms with Crippen LogP contribution in [-0.4, -0.2) is 55.5 Å². The van der Waals surface area contributed by atoms with E-state index in [0.29, 0.717) is 13.1 Å². The minimum Gasteiger partial charge on any atom is -0.340 e. The standard InChI is InChI=1S/C14H20BrN3O/c1-17(10-12-3-2-4-13(15)9-12)14(19)11-18-7-5-16-6-8-18/h2-4,9,16H,5-8,10-11H2,1H3. The van der Waals surface area contributed by atoms with E-state index in [-0.39, 0.29) is 5.91 Å². The molecule has 0 aliphatic carbocycles. The number of nitrogens with zero attached hydrogens (tertiary/aromatic N) is 2. The number of nitrogens with one attached hydrogen (secondary N) is 1. The summed E-state index contributed by atoms with van der Waals surface area (Å²) < 4.78 is 1.05. The van der Waals surface area contributed by atoms with E-state index < -0.39 is 0 Å². The second-order valence-electron chi connectivity index (χ2n) is 4.91. The number of carbonyl (C=O) groups excluding carboxylic acids is 1. The summed E-state index contributed by atoms with van der Waals surface area (Å²) >= 11 is 3.45. The maximum Gasteiger partial charge on any atom is 0.236 e. The molecule has 0 aromatic heterocycles. The Morgan fingerprint density at radius 3 is 2.84 bits per heavy atom. The Morgan fingerprint density at radius 1 is 1.42 bits per heavy atom. The molecule has 1 aliphatic heterocycles. The van der Waals surface area contributed by atoms with Crippen molar-refractivity contribution in [2.75, 3.05) is 39.8 Å². The summed E-state index contributed by atoms with van der Waals surface area (Å²) in [4.78, 5) is 16.2. The summed E-state index contributed by atoms with van der Waals surface area (Å²) in [5, 5.41) is 3.29. The Morgan fingerprint density at radius 2 is 2.16 bits per heavy atom. The number of likely N-dealkylation sites (N-methyl/N-ethyl adjacent to an activating group) is 1. The van der Waals surface area contributed by atoms with Crippen LogP contribution >= 0.6 is 15.9 Å². The van der Waals surface area contributed by atoms with Gasteiger partial charge in [-0.2, -0.15) is 0 Å². The van der Waals surface area contributed by atoms with Crippen LogP contribution in [0.25, 0.3) is 0 Å². The van der Waals surface area contributed by atoms with E-state index in [0.717, 1.165) is 36.2 Å². The Kier molecular flexibility index (Phi) is 5.36. The van der Waals surface area contributed by atoms with E-state index >= 15 is 0 Å². The van der Waals surface area contributed by atoms with Crippen molar-refractivity contribution in [3.05, 3.63) is 34.3 Å². The maximum absolute atomic E-state index is 12.2. The first-order valence-corrected chi connectivity index (χ1v) is 7.36. The quantitative estimate of drug-likeness (QED) is 0.906. The van der Waals surface area contributed by atoms with Crippen LogP contribution in [-0.2, 0) is 11.3 Å². The van der Waals surface area contributed by atoms with E-state index in [1.54, 1.807) is 4.90 Å². The van der Waals surface area contributed by atoms with Crippen molar-refractivity contribution in [2.45, 2.75) is 6.54 Å². The molecule has 1 aromatic rings. The third-order valence-electron chi connectivity index (χ3n) is 3.30. The molecule has 0 bridgehead atoms. The van der Waals surface area contributed by atoms with E-state index in [1.807, 2.05) is 25.2 Å². The molecular formula is C14H20BrN3O. The van der Waals surface area contributed by atoms with Crippen LogP contribution in [0.15, 0.2) is 28.7 Å². The number of amides is 1. The topological polar surface area (TPSA) is 35.6 Å². The largest absolute Gasteiger partial charge is 0.340 e. The molecule has 2 rings (SSSR count). The molecule has 104 valence electrons. The summed E-state index contributed by atoms with van der Waals surface area (Å²) in [7, 11) is 1.87. The maximum atomic E-state index is 12.2. The molecule has 1 N–H and O–H groups in total. The third kappa shape index (κ3) is 4.60. The van der Waals surface area contributed by atoms with Gasteiger partial charge in [0, 0.05) is 44.2 Å². The highest BCUT2D eigenvalue weighted by Gasteiger charge is 2.16. The van der Waals surface area contributed by atoms with Gasteiger partial charge in [-0.25, -0.2) is 0 Å². The van der Waals surface area contributed by atoms with Crippen LogP contribution in [0.1, 0.15) is 5.56 Å². The van der Waals surface area contributed by atoms with E-state index in [1.165, 1.54) is 0 Å². The molecule has 0 unspecified atom stereocenters. The summed E-state index contributed by atoms with van der Waals surface area (Å²) in [5.74, 6) is 0.182. The van der Waals surface area contributed by atoms with Gasteiger partial charge in [0.15, 0.2) is 0 Å². The van der Waals surface area contributed by atoms with E-state index in [2.05, 4.69) is 32.2 Å². The molecule has 4 nitrogen and oxygen atoms in total. The highest BCUT2D eigenvalue weighted by atomic mass is 79.9. The van der Waals surface area contributed by atoms with Gasteiger partial charge in [-0.15, -0.1) is 0 Å². The van der Waals surface area contributed by atoms with Gasteiger partial charge in [0.25, 0.3) is 0 Å². The lowest BCUT2D eigenvalue weighted by atomic mass is 10.2. The van der Waals surface area contributed by atoms with Crippen LogP contribution in [0.3, 0.4) is 0 Å². The van der Waals surface area contributed by atoms with Crippen molar-refractivity contribution in [1.29, 1.82) is 0 Å². The van der Waals surface area contributed by atoms with Crippen molar-refractivity contribution in [3.63, 3.8) is 0 Å². The molecular weight excluding hydrogens is 306 g/mol. The monoisotopic (exact) mass is 325 g/mol. The van der Waals surface area contributed by atoms with Gasteiger partial charge >= 0.3 is 0 Å². The summed E-state index contributed by atoms with van der Waals surface area (Å²) in [6.45, 7) is 5.04. The predicted octanol–water partition coefficient (Wildman–Crippen LogP) is 1.31. The molecule has 1 aromatic carbocycles. The van der Waals surface area contributed by atoms with Gasteiger partial charge in [0.1, 0.15) is 0 Å². The van der Waals surface area contributed by atoms with Gasteiger partial charge in [0.05, 0.1) is 6.54 Å². The first-order valence-electron chi connectivity index (χ1n) is 6.56. The molecule has 0 spiro atoms. The Bertz CT molecular complexity index is 432. The number of hydrogen-bond donors (Lipinski definition) is 1. The normalized spacial score (nSPS) is 16.3. The fraction of sp³-hybridized carbons (Fsp3) is 0.500. The van der Waals surface area contributed by atoms with Gasteiger partial charge in [-0.05, 0) is 17.7 Å². The molecule has 1 fully saturated rings. The number of halogens is 1. The number of piperazine rings is 1. The predicted molar refractivity (Wildman–Crippen MR) is 79.9 cm³/mol. The summed E-state index contributed by atoms with van der Waals surface area (Å²) in [5.41, 5.74) is 1.14. The molecule has 0 radical (unpaired) electrons. The zero-order valence-corrected chi connectivity index (χ0v) is 12.8. The number of hydrogen-bond acceptors (Lipinski definition) is 3. The van der Waals surface area contributed by atoms with Gasteiger partial charge in [-0.1, -0.05) is 28.1 Å². The molecule has 1 aliphatic rings. The van der Waals surface area contributed by atoms with Crippen LogP contribution in [0.5, 0.6) is 0 Å². The smallest absolute Gasteiger partial charge is 0.236 e. The number of benzene rings is 1. The third-order valence-corrected chi connectivity index (χ3v) is 3.80. The van der Waals surface area contributed by atoms with Crippen molar-refractivity contribution in [1.82, 2.24) is 15.1 Å². The SMILES string of the molecule is CN(Cc1cccc(Br)c1)C(=O)CN1CCNCC1. The lowest BCUT2D eigenvalue weighted by Crippen LogP contribution is -2.47. The zero-order chi connectivity index (χ0) is 13.7.